The van der Waals surface area contributed by atoms with Crippen molar-refractivity contribution in [3.05, 3.63) is 36.4 Å². The molecule has 7 nitrogen and oxygen atoms in total. The Labute approximate surface area is 136 Å². The average molecular weight is 336 g/mol. The van der Waals surface area contributed by atoms with Crippen LogP contribution in [0.3, 0.4) is 0 Å². The molecular weight excluding hydrogens is 316 g/mol. The minimum Gasteiger partial charge on any atom is -0.489 e. The maximum Gasteiger partial charge on any atom is 0.233 e. The van der Waals surface area contributed by atoms with E-state index in [0.717, 1.165) is 5.69 Å². The molecule has 2 aromatic rings. The SMILES string of the molecule is CCS(=O)(=O)Nc1ccc(Nc2ccccc2OC(C)C)nn1. The Bertz CT molecular complexity index is 746. The van der Waals surface area contributed by atoms with Crippen molar-refractivity contribution in [2.24, 2.45) is 0 Å². The summed E-state index contributed by atoms with van der Waals surface area (Å²) >= 11 is 0. The predicted octanol–water partition coefficient (Wildman–Crippen LogP) is 2.77. The van der Waals surface area contributed by atoms with E-state index < -0.39 is 10.0 Å². The molecule has 0 spiro atoms. The molecule has 2 N–H and O–H groups in total. The van der Waals surface area contributed by atoms with Gasteiger partial charge in [0.25, 0.3) is 0 Å². The summed E-state index contributed by atoms with van der Waals surface area (Å²) in [6, 6.07) is 10.7. The Hall–Kier alpha value is -2.35. The first-order chi connectivity index (χ1) is 10.9. The minimum absolute atomic E-state index is 0.0192. The van der Waals surface area contributed by atoms with Gasteiger partial charge in [-0.05, 0) is 45.0 Å². The molecule has 0 unspecified atom stereocenters. The summed E-state index contributed by atoms with van der Waals surface area (Å²) in [6.45, 7) is 5.45. The van der Waals surface area contributed by atoms with Crippen molar-refractivity contribution in [2.45, 2.75) is 26.9 Å². The molecule has 0 saturated heterocycles. The lowest BCUT2D eigenvalue weighted by molar-refractivity contribution is 0.244. The second-order valence-electron chi connectivity index (χ2n) is 5.10. The maximum atomic E-state index is 11.5. The molecule has 0 aliphatic rings. The van der Waals surface area contributed by atoms with Gasteiger partial charge < -0.3 is 10.1 Å². The van der Waals surface area contributed by atoms with Crippen LogP contribution in [0.4, 0.5) is 17.3 Å². The van der Waals surface area contributed by atoms with Gasteiger partial charge >= 0.3 is 0 Å². The van der Waals surface area contributed by atoms with Crippen molar-refractivity contribution < 1.29 is 13.2 Å². The molecule has 0 atom stereocenters. The Morgan fingerprint density at radius 2 is 1.74 bits per heavy atom. The van der Waals surface area contributed by atoms with Crippen LogP contribution in [-0.4, -0.2) is 30.5 Å². The molecule has 0 saturated carbocycles. The van der Waals surface area contributed by atoms with E-state index in [1.165, 1.54) is 0 Å². The van der Waals surface area contributed by atoms with E-state index in [9.17, 15) is 8.42 Å². The molecule has 23 heavy (non-hydrogen) atoms. The molecule has 0 fully saturated rings. The van der Waals surface area contributed by atoms with Crippen LogP contribution in [0.1, 0.15) is 20.8 Å². The number of hydrogen-bond donors (Lipinski definition) is 2. The normalized spacial score (nSPS) is 11.3. The monoisotopic (exact) mass is 336 g/mol. The third-order valence-corrected chi connectivity index (χ3v) is 4.10. The highest BCUT2D eigenvalue weighted by Gasteiger charge is 2.09. The molecule has 0 bridgehead atoms. The van der Waals surface area contributed by atoms with Crippen LogP contribution in [0.15, 0.2) is 36.4 Å². The lowest BCUT2D eigenvalue weighted by atomic mass is 10.3. The third-order valence-electron chi connectivity index (χ3n) is 2.82. The highest BCUT2D eigenvalue weighted by atomic mass is 32.2. The number of hydrogen-bond acceptors (Lipinski definition) is 6. The van der Waals surface area contributed by atoms with Crippen LogP contribution in [0.25, 0.3) is 0 Å². The Balaban J connectivity index is 2.13. The molecule has 1 heterocycles. The fourth-order valence-corrected chi connectivity index (χ4v) is 2.32. The van der Waals surface area contributed by atoms with Crippen molar-refractivity contribution in [2.75, 3.05) is 15.8 Å². The molecule has 8 heteroatoms. The molecule has 0 aliphatic carbocycles. The zero-order chi connectivity index (χ0) is 16.9. The summed E-state index contributed by atoms with van der Waals surface area (Å²) in [6.07, 6.45) is 0.0508. The minimum atomic E-state index is -3.36. The van der Waals surface area contributed by atoms with Gasteiger partial charge in [0.05, 0.1) is 17.5 Å². The van der Waals surface area contributed by atoms with Gasteiger partial charge in [-0.1, -0.05) is 12.1 Å². The first-order valence-corrected chi connectivity index (χ1v) is 8.92. The second kappa shape index (κ2) is 7.28. The van der Waals surface area contributed by atoms with Crippen LogP contribution < -0.4 is 14.8 Å². The van der Waals surface area contributed by atoms with Crippen molar-refractivity contribution in [3.8, 4) is 5.75 Å². The van der Waals surface area contributed by atoms with Crippen molar-refractivity contribution >= 4 is 27.3 Å². The molecule has 124 valence electrons. The summed E-state index contributed by atoms with van der Waals surface area (Å²) in [7, 11) is -3.36. The summed E-state index contributed by atoms with van der Waals surface area (Å²) in [5.41, 5.74) is 0.761. The number of sulfonamides is 1. The zero-order valence-corrected chi connectivity index (χ0v) is 14.1. The summed E-state index contributed by atoms with van der Waals surface area (Å²) in [5.74, 6) is 1.36. The van der Waals surface area contributed by atoms with Gasteiger partial charge in [-0.3, -0.25) is 4.72 Å². The molecule has 0 aliphatic heterocycles. The van der Waals surface area contributed by atoms with E-state index >= 15 is 0 Å². The standard InChI is InChI=1S/C15H20N4O3S/c1-4-23(20,21)19-15-10-9-14(17-18-15)16-12-7-5-6-8-13(12)22-11(2)3/h5-11H,4H2,1-3H3,(H,16,17)(H,18,19). The fraction of sp³-hybridized carbons (Fsp3) is 0.333. The highest BCUT2D eigenvalue weighted by molar-refractivity contribution is 7.92. The lowest BCUT2D eigenvalue weighted by Crippen LogP contribution is -2.16. The van der Waals surface area contributed by atoms with Crippen molar-refractivity contribution in [1.82, 2.24) is 10.2 Å². The van der Waals surface area contributed by atoms with Gasteiger partial charge in [0, 0.05) is 0 Å². The maximum absolute atomic E-state index is 11.5. The number of benzene rings is 1. The first-order valence-electron chi connectivity index (χ1n) is 7.26. The predicted molar refractivity (Wildman–Crippen MR) is 90.6 cm³/mol. The van der Waals surface area contributed by atoms with E-state index in [4.69, 9.17) is 4.74 Å². The topological polar surface area (TPSA) is 93.2 Å². The lowest BCUT2D eigenvalue weighted by Gasteiger charge is -2.15. The van der Waals surface area contributed by atoms with Crippen LogP contribution in [0.5, 0.6) is 5.75 Å². The molecule has 1 aromatic heterocycles. The molecule has 2 rings (SSSR count). The molecule has 0 amide bonds. The molecular formula is C15H20N4O3S. The highest BCUT2D eigenvalue weighted by Crippen LogP contribution is 2.27. The van der Waals surface area contributed by atoms with Gasteiger partial charge in [0.1, 0.15) is 5.75 Å². The number of nitrogens with zero attached hydrogens (tertiary/aromatic N) is 2. The Kier molecular flexibility index (Phi) is 5.38. The Morgan fingerprint density at radius 1 is 1.09 bits per heavy atom. The van der Waals surface area contributed by atoms with Gasteiger partial charge in [0.2, 0.25) is 10.0 Å². The van der Waals surface area contributed by atoms with Crippen molar-refractivity contribution in [3.63, 3.8) is 0 Å². The smallest absolute Gasteiger partial charge is 0.233 e. The van der Waals surface area contributed by atoms with Crippen LogP contribution in [-0.2, 0) is 10.0 Å². The van der Waals surface area contributed by atoms with Gasteiger partial charge in [-0.15, -0.1) is 10.2 Å². The van der Waals surface area contributed by atoms with Crippen LogP contribution in [0.2, 0.25) is 0 Å². The second-order valence-corrected chi connectivity index (χ2v) is 7.11. The average Bonchev–Trinajstić information content (AvgIpc) is 2.50. The Morgan fingerprint density at radius 3 is 2.35 bits per heavy atom. The largest absolute Gasteiger partial charge is 0.489 e. The fourth-order valence-electron chi connectivity index (χ4n) is 1.75. The number of anilines is 3. The number of rotatable bonds is 7. The van der Waals surface area contributed by atoms with E-state index in [1.807, 2.05) is 38.1 Å². The van der Waals surface area contributed by atoms with E-state index in [0.29, 0.717) is 11.6 Å². The van der Waals surface area contributed by atoms with Gasteiger partial charge in [0.15, 0.2) is 11.6 Å². The first kappa shape index (κ1) is 17.0. The third kappa shape index (κ3) is 5.10. The van der Waals surface area contributed by atoms with E-state index in [1.54, 1.807) is 19.1 Å². The summed E-state index contributed by atoms with van der Waals surface area (Å²) < 4.78 is 31.0. The van der Waals surface area contributed by atoms with Crippen LogP contribution >= 0.6 is 0 Å². The van der Waals surface area contributed by atoms with E-state index in [-0.39, 0.29) is 17.7 Å². The number of aromatic nitrogens is 2. The van der Waals surface area contributed by atoms with Crippen molar-refractivity contribution in [1.29, 1.82) is 0 Å². The zero-order valence-electron chi connectivity index (χ0n) is 13.3. The van der Waals surface area contributed by atoms with E-state index in [2.05, 4.69) is 20.2 Å². The summed E-state index contributed by atoms with van der Waals surface area (Å²) in [4.78, 5) is 0. The number of para-hydroxylation sites is 2. The van der Waals surface area contributed by atoms with Gasteiger partial charge in [-0.25, -0.2) is 8.42 Å². The van der Waals surface area contributed by atoms with Gasteiger partial charge in [-0.2, -0.15) is 0 Å². The van der Waals surface area contributed by atoms with Crippen LogP contribution in [0, 0.1) is 0 Å². The summed E-state index contributed by atoms with van der Waals surface area (Å²) in [5, 5.41) is 10.9. The number of nitrogens with one attached hydrogen (secondary N) is 2. The molecule has 1 aromatic carbocycles. The number of ether oxygens (including phenoxy) is 1. The molecule has 0 radical (unpaired) electrons. The quantitative estimate of drug-likeness (QED) is 0.807.